The van der Waals surface area contributed by atoms with Crippen LogP contribution in [-0.2, 0) is 11.2 Å². The zero-order chi connectivity index (χ0) is 22.9. The Bertz CT molecular complexity index is 1070. The van der Waals surface area contributed by atoms with E-state index >= 15 is 0 Å². The van der Waals surface area contributed by atoms with Gasteiger partial charge in [-0.25, -0.2) is 9.78 Å². The first kappa shape index (κ1) is 22.9. The maximum Gasteiger partial charge on any atom is 0.325 e. The molecule has 3 rings (SSSR count). The van der Waals surface area contributed by atoms with Crippen molar-refractivity contribution < 1.29 is 23.8 Å². The van der Waals surface area contributed by atoms with Gasteiger partial charge in [0.05, 0.1) is 27.0 Å². The number of anilines is 3. The second-order valence-corrected chi connectivity index (χ2v) is 7.43. The fourth-order valence-corrected chi connectivity index (χ4v) is 3.53. The predicted octanol–water partition coefficient (Wildman–Crippen LogP) is 4.38. The summed E-state index contributed by atoms with van der Waals surface area (Å²) in [7, 11) is 4.67. The van der Waals surface area contributed by atoms with Crippen molar-refractivity contribution in [3.05, 3.63) is 53.5 Å². The third-order valence-electron chi connectivity index (χ3n) is 4.40. The number of carbonyl (C=O) groups is 2. The van der Waals surface area contributed by atoms with E-state index in [1.807, 2.05) is 5.38 Å². The summed E-state index contributed by atoms with van der Waals surface area (Å²) in [5.41, 5.74) is 1.97. The Kier molecular flexibility index (Phi) is 7.87. The summed E-state index contributed by atoms with van der Waals surface area (Å²) >= 11 is 1.29. The Labute approximate surface area is 189 Å². The summed E-state index contributed by atoms with van der Waals surface area (Å²) in [5, 5.41) is 10.5. The molecule has 3 aromatic rings. The van der Waals surface area contributed by atoms with Crippen LogP contribution in [0.5, 0.6) is 17.2 Å². The number of thiazole rings is 1. The van der Waals surface area contributed by atoms with Crippen LogP contribution in [0.25, 0.3) is 0 Å². The highest BCUT2D eigenvalue weighted by molar-refractivity contribution is 7.13. The molecule has 0 radical (unpaired) electrons. The average molecular weight is 457 g/mol. The SMILES string of the molecule is COc1ccc(NC(=O)Nc2nc(CCC(=O)Nc3ccc(OC)c(OC)c3)cs2)cc1. The summed E-state index contributed by atoms with van der Waals surface area (Å²) in [4.78, 5) is 28.8. The van der Waals surface area contributed by atoms with Crippen LogP contribution in [-0.4, -0.2) is 38.3 Å². The molecule has 3 amide bonds. The zero-order valence-corrected chi connectivity index (χ0v) is 18.7. The van der Waals surface area contributed by atoms with E-state index in [0.29, 0.717) is 40.2 Å². The van der Waals surface area contributed by atoms with Crippen molar-refractivity contribution in [1.82, 2.24) is 4.98 Å². The van der Waals surface area contributed by atoms with Gasteiger partial charge in [-0.3, -0.25) is 10.1 Å². The van der Waals surface area contributed by atoms with Gasteiger partial charge in [0.25, 0.3) is 0 Å². The maximum absolute atomic E-state index is 12.3. The highest BCUT2D eigenvalue weighted by Crippen LogP contribution is 2.29. The average Bonchev–Trinajstić information content (AvgIpc) is 3.25. The number of carbonyl (C=O) groups excluding carboxylic acids is 2. The van der Waals surface area contributed by atoms with Crippen LogP contribution >= 0.6 is 11.3 Å². The van der Waals surface area contributed by atoms with Crippen LogP contribution in [0.2, 0.25) is 0 Å². The minimum atomic E-state index is -0.401. The fraction of sp³-hybridized carbons (Fsp3) is 0.227. The smallest absolute Gasteiger partial charge is 0.325 e. The third kappa shape index (κ3) is 6.35. The zero-order valence-electron chi connectivity index (χ0n) is 17.9. The first-order chi connectivity index (χ1) is 15.5. The maximum atomic E-state index is 12.3. The van der Waals surface area contributed by atoms with Crippen molar-refractivity contribution in [2.24, 2.45) is 0 Å². The lowest BCUT2D eigenvalue weighted by Gasteiger charge is -2.10. The molecule has 0 spiro atoms. The van der Waals surface area contributed by atoms with Gasteiger partial charge in [0.15, 0.2) is 16.6 Å². The van der Waals surface area contributed by atoms with E-state index in [-0.39, 0.29) is 12.3 Å². The molecule has 0 aliphatic carbocycles. The molecule has 0 aliphatic rings. The number of nitrogens with one attached hydrogen (secondary N) is 3. The van der Waals surface area contributed by atoms with Gasteiger partial charge in [-0.1, -0.05) is 0 Å². The van der Waals surface area contributed by atoms with E-state index in [1.54, 1.807) is 56.7 Å². The molecule has 0 unspecified atom stereocenters. The Morgan fingerprint density at radius 1 is 0.875 bits per heavy atom. The highest BCUT2D eigenvalue weighted by atomic mass is 32.1. The molecular formula is C22H24N4O5S. The Morgan fingerprint density at radius 3 is 2.28 bits per heavy atom. The number of methoxy groups -OCH3 is 3. The Hall–Kier alpha value is -3.79. The van der Waals surface area contributed by atoms with Crippen LogP contribution in [0, 0.1) is 0 Å². The number of amides is 3. The van der Waals surface area contributed by atoms with E-state index in [1.165, 1.54) is 18.4 Å². The molecule has 0 atom stereocenters. The van der Waals surface area contributed by atoms with Crippen molar-refractivity contribution in [1.29, 1.82) is 0 Å². The number of aryl methyl sites for hydroxylation is 1. The van der Waals surface area contributed by atoms with Gasteiger partial charge in [0, 0.05) is 29.2 Å². The lowest BCUT2D eigenvalue weighted by Crippen LogP contribution is -2.19. The van der Waals surface area contributed by atoms with Gasteiger partial charge < -0.3 is 24.8 Å². The third-order valence-corrected chi connectivity index (χ3v) is 5.20. The number of rotatable bonds is 9. The number of hydrogen-bond donors (Lipinski definition) is 3. The molecule has 0 aliphatic heterocycles. The Balaban J connectivity index is 1.47. The fourth-order valence-electron chi connectivity index (χ4n) is 2.79. The van der Waals surface area contributed by atoms with Crippen LogP contribution in [0.3, 0.4) is 0 Å². The molecule has 0 saturated heterocycles. The van der Waals surface area contributed by atoms with Gasteiger partial charge in [0.2, 0.25) is 5.91 Å². The van der Waals surface area contributed by atoms with E-state index < -0.39 is 6.03 Å². The molecule has 1 heterocycles. The molecule has 0 saturated carbocycles. The molecular weight excluding hydrogens is 432 g/mol. The molecule has 0 bridgehead atoms. The molecule has 10 heteroatoms. The van der Waals surface area contributed by atoms with E-state index in [9.17, 15) is 9.59 Å². The monoisotopic (exact) mass is 456 g/mol. The molecule has 2 aromatic carbocycles. The van der Waals surface area contributed by atoms with Crippen LogP contribution in [0.4, 0.5) is 21.3 Å². The van der Waals surface area contributed by atoms with Gasteiger partial charge in [-0.15, -0.1) is 11.3 Å². The molecule has 9 nitrogen and oxygen atoms in total. The van der Waals surface area contributed by atoms with Gasteiger partial charge in [0.1, 0.15) is 5.75 Å². The highest BCUT2D eigenvalue weighted by Gasteiger charge is 2.11. The summed E-state index contributed by atoms with van der Waals surface area (Å²) in [6.07, 6.45) is 0.687. The molecule has 0 fully saturated rings. The van der Waals surface area contributed by atoms with Crippen LogP contribution in [0.1, 0.15) is 12.1 Å². The van der Waals surface area contributed by atoms with E-state index in [0.717, 1.165) is 5.69 Å². The quantitative estimate of drug-likeness (QED) is 0.441. The topological polar surface area (TPSA) is 111 Å². The summed E-state index contributed by atoms with van der Waals surface area (Å²) in [5.74, 6) is 1.67. The number of ether oxygens (including phenoxy) is 3. The number of aromatic nitrogens is 1. The molecule has 32 heavy (non-hydrogen) atoms. The first-order valence-electron chi connectivity index (χ1n) is 9.69. The molecule has 3 N–H and O–H groups in total. The molecule has 1 aromatic heterocycles. The lowest BCUT2D eigenvalue weighted by molar-refractivity contribution is -0.116. The second kappa shape index (κ2) is 11.0. The number of nitrogens with zero attached hydrogens (tertiary/aromatic N) is 1. The van der Waals surface area contributed by atoms with Gasteiger partial charge >= 0.3 is 6.03 Å². The summed E-state index contributed by atoms with van der Waals surface area (Å²) < 4.78 is 15.5. The number of urea groups is 1. The summed E-state index contributed by atoms with van der Waals surface area (Å²) in [6.45, 7) is 0. The van der Waals surface area contributed by atoms with Crippen molar-refractivity contribution in [3.8, 4) is 17.2 Å². The second-order valence-electron chi connectivity index (χ2n) is 6.57. The van der Waals surface area contributed by atoms with Crippen LogP contribution in [0.15, 0.2) is 47.8 Å². The minimum Gasteiger partial charge on any atom is -0.497 e. The van der Waals surface area contributed by atoms with Gasteiger partial charge in [-0.2, -0.15) is 0 Å². The number of benzene rings is 2. The predicted molar refractivity (Wildman–Crippen MR) is 124 cm³/mol. The van der Waals surface area contributed by atoms with E-state index in [4.69, 9.17) is 14.2 Å². The standard InChI is InChI=1S/C22H24N4O5S/c1-29-17-8-4-14(5-9-17)24-21(28)26-22-25-16(13-32-22)7-11-20(27)23-15-6-10-18(30-2)19(12-15)31-3/h4-6,8-10,12-13H,7,11H2,1-3H3,(H,23,27)(H2,24,25,26,28). The van der Waals surface area contributed by atoms with Crippen LogP contribution < -0.4 is 30.2 Å². The molecule has 168 valence electrons. The first-order valence-corrected chi connectivity index (χ1v) is 10.6. The van der Waals surface area contributed by atoms with E-state index in [2.05, 4.69) is 20.9 Å². The minimum absolute atomic E-state index is 0.156. The normalized spacial score (nSPS) is 10.2. The summed E-state index contributed by atoms with van der Waals surface area (Å²) in [6, 6.07) is 11.8. The Morgan fingerprint density at radius 2 is 1.59 bits per heavy atom. The van der Waals surface area contributed by atoms with Crippen molar-refractivity contribution in [2.45, 2.75) is 12.8 Å². The van der Waals surface area contributed by atoms with Gasteiger partial charge in [-0.05, 0) is 42.8 Å². The van der Waals surface area contributed by atoms with Crippen molar-refractivity contribution >= 4 is 39.8 Å². The largest absolute Gasteiger partial charge is 0.497 e. The lowest BCUT2D eigenvalue weighted by atomic mass is 10.2. The number of hydrogen-bond acceptors (Lipinski definition) is 7. The van der Waals surface area contributed by atoms with Crippen molar-refractivity contribution in [3.63, 3.8) is 0 Å². The van der Waals surface area contributed by atoms with Crippen molar-refractivity contribution in [2.75, 3.05) is 37.3 Å².